The largest absolute Gasteiger partial charge is 0.490 e. The summed E-state index contributed by atoms with van der Waals surface area (Å²) in [5, 5.41) is 22.6. The molecule has 1 atom stereocenters. The second-order valence-electron chi connectivity index (χ2n) is 7.83. The molecule has 0 saturated heterocycles. The van der Waals surface area contributed by atoms with Gasteiger partial charge < -0.3 is 25.6 Å². The number of anilines is 1. The van der Waals surface area contributed by atoms with Crippen LogP contribution in [0.15, 0.2) is 59.7 Å². The fourth-order valence-electron chi connectivity index (χ4n) is 3.44. The predicted octanol–water partition coefficient (Wildman–Crippen LogP) is 2.47. The molecule has 204 valence electrons. The van der Waals surface area contributed by atoms with Gasteiger partial charge in [-0.15, -0.1) is 9.78 Å². The number of nitrogens with zero attached hydrogens (tertiary/aromatic N) is 4. The zero-order valence-corrected chi connectivity index (χ0v) is 21.3. The summed E-state index contributed by atoms with van der Waals surface area (Å²) in [6.45, 7) is 3.15. The zero-order valence-electron chi connectivity index (χ0n) is 21.3. The Morgan fingerprint density at radius 1 is 1.26 bits per heavy atom. The standard InChI is InChI=1S/C23H23FN8O3.C2H4O2/c1-3-35-17-12-14(11-16(24)19(17)34-2)18(29-15-7-5-13(6-8-15)20(25)26)21-30-23(33)32(31-21)22-27-9-4-10-28-22;1-2(3)4/h4-12,18,29H,3H2,1-2H3,(H3,25,26)(H,30,31,33);1H3,(H,3,4). The Balaban J connectivity index is 0.000000983. The van der Waals surface area contributed by atoms with E-state index in [4.69, 9.17) is 30.5 Å². The van der Waals surface area contributed by atoms with E-state index in [-0.39, 0.29) is 29.1 Å². The number of rotatable bonds is 9. The molecular weight excluding hydrogens is 511 g/mol. The molecule has 0 fully saturated rings. The SMILES string of the molecule is CC(=O)O.CCOc1cc(C(Nc2ccc(C(=N)N)cc2)c2nn(-c3ncccn3)c(=O)[nH]2)cc(F)c1OC. The first-order valence-electron chi connectivity index (χ1n) is 11.5. The average molecular weight is 539 g/mol. The number of nitrogens with two attached hydrogens (primary N) is 1. The summed E-state index contributed by atoms with van der Waals surface area (Å²) in [5.74, 6) is -1.10. The lowest BCUT2D eigenvalue weighted by atomic mass is 10.0. The number of hydrogen-bond acceptors (Lipinski definition) is 9. The molecule has 2 heterocycles. The van der Waals surface area contributed by atoms with Gasteiger partial charge in [0.2, 0.25) is 0 Å². The number of benzene rings is 2. The van der Waals surface area contributed by atoms with Gasteiger partial charge in [0.15, 0.2) is 23.1 Å². The molecule has 4 rings (SSSR count). The van der Waals surface area contributed by atoms with E-state index in [9.17, 15) is 9.18 Å². The zero-order chi connectivity index (χ0) is 28.5. The first-order valence-corrected chi connectivity index (χ1v) is 11.5. The topological polar surface area (TPSA) is 194 Å². The van der Waals surface area contributed by atoms with Crippen molar-refractivity contribution in [3.05, 3.63) is 88.1 Å². The van der Waals surface area contributed by atoms with E-state index >= 15 is 0 Å². The fraction of sp³-hybridized carbons (Fsp3) is 0.200. The molecule has 2 aromatic carbocycles. The molecule has 0 spiro atoms. The van der Waals surface area contributed by atoms with Gasteiger partial charge in [0.1, 0.15) is 11.9 Å². The lowest BCUT2D eigenvalue weighted by Gasteiger charge is -2.20. The van der Waals surface area contributed by atoms with E-state index in [1.807, 2.05) is 0 Å². The number of carbonyl (C=O) groups is 1. The van der Waals surface area contributed by atoms with Crippen LogP contribution in [0.2, 0.25) is 0 Å². The molecule has 0 aliphatic heterocycles. The Labute approximate surface area is 222 Å². The van der Waals surface area contributed by atoms with Gasteiger partial charge in [-0.05, 0) is 55.0 Å². The maximum Gasteiger partial charge on any atom is 0.350 e. The van der Waals surface area contributed by atoms with Crippen molar-refractivity contribution in [3.63, 3.8) is 0 Å². The Morgan fingerprint density at radius 2 is 1.90 bits per heavy atom. The van der Waals surface area contributed by atoms with Gasteiger partial charge in [-0.3, -0.25) is 15.2 Å². The average Bonchev–Trinajstić information content (AvgIpc) is 3.29. The van der Waals surface area contributed by atoms with Crippen LogP contribution in [0.1, 0.15) is 36.8 Å². The van der Waals surface area contributed by atoms with Crippen LogP contribution in [0.4, 0.5) is 10.1 Å². The lowest BCUT2D eigenvalue weighted by Crippen LogP contribution is -2.18. The van der Waals surface area contributed by atoms with Crippen LogP contribution in [0, 0.1) is 11.2 Å². The van der Waals surface area contributed by atoms with Crippen LogP contribution >= 0.6 is 0 Å². The van der Waals surface area contributed by atoms with Gasteiger partial charge in [0.05, 0.1) is 13.7 Å². The molecule has 0 bridgehead atoms. The van der Waals surface area contributed by atoms with Gasteiger partial charge in [0, 0.05) is 30.6 Å². The smallest absolute Gasteiger partial charge is 0.350 e. The van der Waals surface area contributed by atoms with Crippen molar-refractivity contribution in [1.29, 1.82) is 5.41 Å². The van der Waals surface area contributed by atoms with Gasteiger partial charge in [0.25, 0.3) is 11.9 Å². The molecule has 0 saturated carbocycles. The number of nitrogen functional groups attached to an aromatic ring is 1. The van der Waals surface area contributed by atoms with Crippen molar-refractivity contribution in [3.8, 4) is 17.4 Å². The molecule has 13 nitrogen and oxygen atoms in total. The molecule has 39 heavy (non-hydrogen) atoms. The molecule has 1 unspecified atom stereocenters. The number of nitrogens with one attached hydrogen (secondary N) is 3. The number of aliphatic carboxylic acids is 1. The van der Waals surface area contributed by atoms with Crippen LogP contribution in [-0.2, 0) is 4.79 Å². The number of carboxylic acid groups (broad SMARTS) is 1. The van der Waals surface area contributed by atoms with E-state index in [0.29, 0.717) is 23.4 Å². The summed E-state index contributed by atoms with van der Waals surface area (Å²) in [4.78, 5) is 32.5. The summed E-state index contributed by atoms with van der Waals surface area (Å²) in [6, 6.07) is 10.5. The lowest BCUT2D eigenvalue weighted by molar-refractivity contribution is -0.134. The molecule has 0 amide bonds. The number of hydrogen-bond donors (Lipinski definition) is 5. The summed E-state index contributed by atoms with van der Waals surface area (Å²) in [5.41, 5.74) is 6.54. The number of carboxylic acids is 1. The molecule has 4 aromatic rings. The third kappa shape index (κ3) is 7.15. The number of ether oxygens (including phenoxy) is 2. The third-order valence-corrected chi connectivity index (χ3v) is 5.03. The maximum absolute atomic E-state index is 15.0. The van der Waals surface area contributed by atoms with E-state index in [0.717, 1.165) is 11.6 Å². The Hall–Kier alpha value is -5.27. The second kappa shape index (κ2) is 12.8. The molecule has 6 N–H and O–H groups in total. The predicted molar refractivity (Wildman–Crippen MR) is 140 cm³/mol. The monoisotopic (exact) mass is 538 g/mol. The summed E-state index contributed by atoms with van der Waals surface area (Å²) in [6.07, 6.45) is 2.98. The number of aromatic amines is 1. The Morgan fingerprint density at radius 3 is 2.46 bits per heavy atom. The number of H-pyrrole nitrogens is 1. The highest BCUT2D eigenvalue weighted by Crippen LogP contribution is 2.36. The normalized spacial score (nSPS) is 11.1. The van der Waals surface area contributed by atoms with Crippen molar-refractivity contribution < 1.29 is 23.8 Å². The highest BCUT2D eigenvalue weighted by molar-refractivity contribution is 5.95. The van der Waals surface area contributed by atoms with E-state index in [2.05, 4.69) is 25.4 Å². The molecule has 0 radical (unpaired) electrons. The maximum atomic E-state index is 15.0. The fourth-order valence-corrected chi connectivity index (χ4v) is 3.44. The first-order chi connectivity index (χ1) is 18.6. The summed E-state index contributed by atoms with van der Waals surface area (Å²) >= 11 is 0. The van der Waals surface area contributed by atoms with E-state index in [1.165, 1.54) is 25.6 Å². The van der Waals surface area contributed by atoms with Gasteiger partial charge in [-0.25, -0.2) is 19.2 Å². The first kappa shape index (κ1) is 28.3. The number of aromatic nitrogens is 5. The second-order valence-corrected chi connectivity index (χ2v) is 7.83. The van der Waals surface area contributed by atoms with Gasteiger partial charge in [-0.2, -0.15) is 0 Å². The van der Waals surface area contributed by atoms with Crippen molar-refractivity contribution in [1.82, 2.24) is 24.7 Å². The van der Waals surface area contributed by atoms with Crippen LogP contribution in [0.3, 0.4) is 0 Å². The highest BCUT2D eigenvalue weighted by Gasteiger charge is 2.24. The third-order valence-electron chi connectivity index (χ3n) is 5.03. The minimum Gasteiger partial charge on any atom is -0.490 e. The molecule has 0 aliphatic rings. The van der Waals surface area contributed by atoms with Crippen molar-refractivity contribution in [2.24, 2.45) is 5.73 Å². The Bertz CT molecular complexity index is 1480. The van der Waals surface area contributed by atoms with Crippen LogP contribution in [0.5, 0.6) is 11.5 Å². The summed E-state index contributed by atoms with van der Waals surface area (Å²) in [7, 11) is 1.35. The van der Waals surface area contributed by atoms with Crippen LogP contribution < -0.4 is 26.2 Å². The van der Waals surface area contributed by atoms with E-state index < -0.39 is 23.5 Å². The highest BCUT2D eigenvalue weighted by atomic mass is 19.1. The number of halogens is 1. The molecule has 2 aromatic heterocycles. The van der Waals surface area contributed by atoms with Gasteiger partial charge >= 0.3 is 5.69 Å². The quantitative estimate of drug-likeness (QED) is 0.156. The van der Waals surface area contributed by atoms with E-state index in [1.54, 1.807) is 43.3 Å². The van der Waals surface area contributed by atoms with Crippen LogP contribution in [-0.4, -0.2) is 55.4 Å². The summed E-state index contributed by atoms with van der Waals surface area (Å²) < 4.78 is 26.7. The van der Waals surface area contributed by atoms with Crippen molar-refractivity contribution in [2.75, 3.05) is 19.0 Å². The van der Waals surface area contributed by atoms with Crippen molar-refractivity contribution >= 4 is 17.5 Å². The van der Waals surface area contributed by atoms with Gasteiger partial charge in [-0.1, -0.05) is 0 Å². The Kier molecular flexibility index (Phi) is 9.29. The number of methoxy groups -OCH3 is 1. The van der Waals surface area contributed by atoms with Crippen LogP contribution in [0.25, 0.3) is 5.95 Å². The minimum absolute atomic E-state index is 0.0307. The van der Waals surface area contributed by atoms with Crippen molar-refractivity contribution in [2.45, 2.75) is 19.9 Å². The molecule has 0 aliphatic carbocycles. The molecular formula is C25H27FN8O5. The number of amidine groups is 1. The molecule has 14 heteroatoms. The minimum atomic E-state index is -0.833.